The van der Waals surface area contributed by atoms with Gasteiger partial charge in [-0.25, -0.2) is 20.0 Å². The van der Waals surface area contributed by atoms with Crippen LogP contribution in [0.3, 0.4) is 0 Å². The predicted molar refractivity (Wildman–Crippen MR) is 229 cm³/mol. The molecule has 1 aliphatic carbocycles. The van der Waals surface area contributed by atoms with Gasteiger partial charge in [-0.2, -0.15) is 0 Å². The first-order valence-electron chi connectivity index (χ1n) is 19.0. The molecule has 56 heavy (non-hydrogen) atoms. The molecule has 0 saturated heterocycles. The van der Waals surface area contributed by atoms with Crippen molar-refractivity contribution in [2.45, 2.75) is 0 Å². The quantitative estimate of drug-likeness (QED) is 0.124. The highest BCUT2D eigenvalue weighted by Crippen LogP contribution is 2.42. The topological polar surface area (TPSA) is 109 Å². The number of nitrogens with zero attached hydrogens (tertiary/aromatic N) is 4. The molecule has 4 N–H and O–H groups in total. The van der Waals surface area contributed by atoms with Crippen LogP contribution < -0.4 is 26.7 Å². The lowest BCUT2D eigenvalue weighted by Crippen LogP contribution is -2.34. The lowest BCUT2D eigenvalue weighted by Gasteiger charge is -2.16. The Bertz CT molecular complexity index is 3710. The van der Waals surface area contributed by atoms with Crippen molar-refractivity contribution in [3.8, 4) is 0 Å². The summed E-state index contributed by atoms with van der Waals surface area (Å²) in [7, 11) is 0. The number of aromatic nitrogens is 3. The maximum atomic E-state index is 5.40. The molecule has 0 spiro atoms. The highest BCUT2D eigenvalue weighted by atomic mass is 15.1. The van der Waals surface area contributed by atoms with E-state index in [1.807, 2.05) is 0 Å². The SMILES string of the molecule is C1=c2ccccc2=CC2C3=Nc4[nH]c(c5cc6ccccc6cc45)Nc4[nH]c(c5cc6ccccc6cc45)N=c4[nH]c(c5cc6ccccc6cc45)=NC(=N3)C12. The summed E-state index contributed by atoms with van der Waals surface area (Å²) < 4.78 is 0. The van der Waals surface area contributed by atoms with E-state index in [9.17, 15) is 0 Å². The highest BCUT2D eigenvalue weighted by Gasteiger charge is 2.36. The molecule has 3 aromatic heterocycles. The molecule has 0 fully saturated rings. The summed E-state index contributed by atoms with van der Waals surface area (Å²) in [6, 6.07) is 47.2. The first kappa shape index (κ1) is 29.8. The maximum Gasteiger partial charge on any atom is 0.142 e. The Morgan fingerprint density at radius 2 is 0.750 bits per heavy atom. The molecule has 8 bridgehead atoms. The van der Waals surface area contributed by atoms with E-state index in [1.165, 1.54) is 10.4 Å². The predicted octanol–water partition coefficient (Wildman–Crippen LogP) is 8.87. The van der Waals surface area contributed by atoms with Crippen molar-refractivity contribution in [1.29, 1.82) is 0 Å². The van der Waals surface area contributed by atoms with E-state index in [-0.39, 0.29) is 11.8 Å². The zero-order valence-electron chi connectivity index (χ0n) is 29.8. The molecule has 5 heterocycles. The Kier molecular flexibility index (Phi) is 5.85. The number of amidine groups is 2. The number of fused-ring (bicyclic) bond motifs is 23. The van der Waals surface area contributed by atoms with Crippen LogP contribution >= 0.6 is 0 Å². The van der Waals surface area contributed by atoms with E-state index in [1.54, 1.807) is 0 Å². The number of anilines is 2. The van der Waals surface area contributed by atoms with Gasteiger partial charge in [0.1, 0.15) is 45.9 Å². The van der Waals surface area contributed by atoms with E-state index in [4.69, 9.17) is 20.0 Å². The molecule has 8 nitrogen and oxygen atoms in total. The summed E-state index contributed by atoms with van der Waals surface area (Å²) in [5.74, 6) is 4.42. The third kappa shape index (κ3) is 4.35. The summed E-state index contributed by atoms with van der Waals surface area (Å²) in [5.41, 5.74) is 1.45. The van der Waals surface area contributed by atoms with Crippen LogP contribution in [-0.4, -0.2) is 26.6 Å². The van der Waals surface area contributed by atoms with Gasteiger partial charge in [0.25, 0.3) is 0 Å². The molecule has 2 atom stereocenters. The van der Waals surface area contributed by atoms with Crippen molar-refractivity contribution in [2.24, 2.45) is 31.8 Å². The smallest absolute Gasteiger partial charge is 0.142 e. The van der Waals surface area contributed by atoms with Gasteiger partial charge in [0.2, 0.25) is 0 Å². The van der Waals surface area contributed by atoms with Crippen LogP contribution in [0, 0.1) is 11.8 Å². The van der Waals surface area contributed by atoms with Gasteiger partial charge in [-0.05, 0) is 79.2 Å². The average Bonchev–Trinajstić information content (AvgIpc) is 3.95. The van der Waals surface area contributed by atoms with Crippen LogP contribution in [0.2, 0.25) is 0 Å². The second-order valence-electron chi connectivity index (χ2n) is 15.1. The molecule has 13 rings (SSSR count). The highest BCUT2D eigenvalue weighted by molar-refractivity contribution is 6.16. The minimum absolute atomic E-state index is 0.0940. The summed E-state index contributed by atoms with van der Waals surface area (Å²) in [6.45, 7) is 0. The van der Waals surface area contributed by atoms with Crippen molar-refractivity contribution >= 4 is 112 Å². The summed E-state index contributed by atoms with van der Waals surface area (Å²) >= 11 is 0. The third-order valence-electron chi connectivity index (χ3n) is 11.8. The Morgan fingerprint density at radius 1 is 0.357 bits per heavy atom. The molecule has 2 unspecified atom stereocenters. The van der Waals surface area contributed by atoms with Crippen molar-refractivity contribution < 1.29 is 0 Å². The minimum atomic E-state index is -0.0963. The summed E-state index contributed by atoms with van der Waals surface area (Å²) in [4.78, 5) is 32.5. The number of aromatic amines is 3. The molecular weight excluding hydrogens is 689 g/mol. The van der Waals surface area contributed by atoms with Crippen LogP contribution in [0.25, 0.3) is 76.8 Å². The van der Waals surface area contributed by atoms with Gasteiger partial charge in [-0.1, -0.05) is 109 Å². The lowest BCUT2D eigenvalue weighted by atomic mass is 9.87. The minimum Gasteiger partial charge on any atom is -0.327 e. The van der Waals surface area contributed by atoms with Gasteiger partial charge in [-0.3, -0.25) is 0 Å². The number of benzene rings is 7. The Hall–Kier alpha value is -7.58. The van der Waals surface area contributed by atoms with Gasteiger partial charge in [-0.15, -0.1) is 0 Å². The van der Waals surface area contributed by atoms with Crippen LogP contribution in [0.4, 0.5) is 23.3 Å². The largest absolute Gasteiger partial charge is 0.327 e. The molecule has 8 heteroatoms. The summed E-state index contributed by atoms with van der Waals surface area (Å²) in [5, 5.41) is 19.1. The molecule has 7 aromatic carbocycles. The molecule has 0 saturated carbocycles. The Balaban J connectivity index is 1.17. The summed E-state index contributed by atoms with van der Waals surface area (Å²) in [6.07, 6.45) is 4.60. The van der Waals surface area contributed by atoms with Crippen molar-refractivity contribution in [2.75, 3.05) is 5.32 Å². The van der Waals surface area contributed by atoms with Gasteiger partial charge in [0.05, 0.1) is 11.8 Å². The molecule has 262 valence electrons. The molecule has 0 radical (unpaired) electrons. The fraction of sp³-hybridized carbons (Fsp3) is 0.0417. The standard InChI is InChI=1S/C48H30N8/c1-2-10-26-18-34-33(17-25(26)9-1)41-49-42(34)54-44-37-21-29-13-5-6-14-30(29)22-38(37)46(51-44)56-48-40-24-32-16-8-7-15-31(32)23-39(40)47(52-48)55-45-36-20-28-12-4-3-11-27(28)19-35(36)43(50-45)53-41/h1-24,33-34,50,52,55H,(H,49,51,53,54,56). The Labute approximate surface area is 317 Å². The first-order chi connectivity index (χ1) is 27.7. The van der Waals surface area contributed by atoms with Gasteiger partial charge < -0.3 is 20.3 Å². The second-order valence-corrected chi connectivity index (χ2v) is 15.1. The normalized spacial score (nSPS) is 17.1. The van der Waals surface area contributed by atoms with Crippen molar-refractivity contribution in [1.82, 2.24) is 15.0 Å². The third-order valence-corrected chi connectivity index (χ3v) is 11.8. The molecule has 0 amide bonds. The number of hydrogen-bond donors (Lipinski definition) is 4. The second kappa shape index (κ2) is 11.0. The zero-order valence-corrected chi connectivity index (χ0v) is 29.8. The monoisotopic (exact) mass is 718 g/mol. The Morgan fingerprint density at radius 3 is 1.25 bits per heavy atom. The lowest BCUT2D eigenvalue weighted by molar-refractivity contribution is 0.825. The van der Waals surface area contributed by atoms with Crippen LogP contribution in [0.5, 0.6) is 0 Å². The van der Waals surface area contributed by atoms with E-state index in [2.05, 4.69) is 166 Å². The number of rotatable bonds is 0. The number of hydrogen-bond acceptors (Lipinski definition) is 5. The van der Waals surface area contributed by atoms with E-state index in [0.29, 0.717) is 5.84 Å². The fourth-order valence-electron chi connectivity index (χ4n) is 9.03. The van der Waals surface area contributed by atoms with E-state index < -0.39 is 0 Å². The van der Waals surface area contributed by atoms with Gasteiger partial charge >= 0.3 is 0 Å². The van der Waals surface area contributed by atoms with E-state index >= 15 is 0 Å². The molecule has 10 aromatic rings. The van der Waals surface area contributed by atoms with E-state index in [0.717, 1.165) is 105 Å². The molecule has 2 aliphatic heterocycles. The number of aliphatic imine (C=N–C) groups is 2. The van der Waals surface area contributed by atoms with Crippen LogP contribution in [0.1, 0.15) is 0 Å². The fourth-order valence-corrected chi connectivity index (χ4v) is 9.03. The first-order valence-corrected chi connectivity index (χ1v) is 19.0. The van der Waals surface area contributed by atoms with Gasteiger partial charge in [0.15, 0.2) is 0 Å². The number of nitrogens with one attached hydrogen (secondary N) is 4. The average molecular weight is 719 g/mol. The molecule has 3 aliphatic rings. The zero-order chi connectivity index (χ0) is 36.5. The van der Waals surface area contributed by atoms with Crippen LogP contribution in [-0.2, 0) is 0 Å². The maximum absolute atomic E-state index is 5.40. The van der Waals surface area contributed by atoms with Crippen LogP contribution in [0.15, 0.2) is 153 Å². The molecular formula is C48H30N8. The van der Waals surface area contributed by atoms with Crippen molar-refractivity contribution in [3.63, 3.8) is 0 Å². The van der Waals surface area contributed by atoms with Crippen molar-refractivity contribution in [3.05, 3.63) is 155 Å². The van der Waals surface area contributed by atoms with Gasteiger partial charge in [0, 0.05) is 32.3 Å². The number of H-pyrrole nitrogens is 3.